The van der Waals surface area contributed by atoms with Gasteiger partial charge in [-0.3, -0.25) is 10.1 Å². The first-order valence-electron chi connectivity index (χ1n) is 9.59. The number of allylic oxidation sites excluding steroid dienone is 2. The molecule has 1 unspecified atom stereocenters. The molecule has 31 heavy (non-hydrogen) atoms. The zero-order valence-corrected chi connectivity index (χ0v) is 16.4. The van der Waals surface area contributed by atoms with Crippen LogP contribution < -0.4 is 4.90 Å². The van der Waals surface area contributed by atoms with Gasteiger partial charge in [-0.05, 0) is 41.5 Å². The second kappa shape index (κ2) is 8.47. The third-order valence-electron chi connectivity index (χ3n) is 5.16. The highest BCUT2D eigenvalue weighted by atomic mass is 16.6. The number of benzene rings is 3. The number of anilines is 1. The van der Waals surface area contributed by atoms with E-state index in [-0.39, 0.29) is 5.69 Å². The van der Waals surface area contributed by atoms with Crippen molar-refractivity contribution < 1.29 is 9.72 Å². The first-order chi connectivity index (χ1) is 15.1. The predicted octanol–water partition coefficient (Wildman–Crippen LogP) is 4.98. The number of nitrogens with zero attached hydrogens (tertiary/aromatic N) is 3. The maximum absolute atomic E-state index is 12.2. The van der Waals surface area contributed by atoms with Crippen molar-refractivity contribution in [1.29, 1.82) is 5.26 Å². The number of hydrogen-bond acceptors (Lipinski definition) is 5. The van der Waals surface area contributed by atoms with Gasteiger partial charge >= 0.3 is 0 Å². The Hall–Kier alpha value is -4.50. The molecule has 0 N–H and O–H groups in total. The van der Waals surface area contributed by atoms with Crippen LogP contribution in [0.15, 0.2) is 91.1 Å². The van der Waals surface area contributed by atoms with Crippen LogP contribution in [0.25, 0.3) is 11.1 Å². The summed E-state index contributed by atoms with van der Waals surface area (Å²) in [5.74, 6) is 0. The molecule has 3 aromatic carbocycles. The van der Waals surface area contributed by atoms with Gasteiger partial charge in [0, 0.05) is 23.5 Å². The summed E-state index contributed by atoms with van der Waals surface area (Å²) in [4.78, 5) is 25.2. The molecule has 0 saturated heterocycles. The number of nitro benzene ring substituents is 1. The lowest BCUT2D eigenvalue weighted by atomic mass is 9.88. The van der Waals surface area contributed by atoms with E-state index >= 15 is 0 Å². The lowest BCUT2D eigenvalue weighted by Crippen LogP contribution is -2.35. The first-order valence-corrected chi connectivity index (χ1v) is 9.59. The molecule has 4 rings (SSSR count). The summed E-state index contributed by atoms with van der Waals surface area (Å²) in [5, 5.41) is 21.2. The molecule has 0 fully saturated rings. The second-order valence-electron chi connectivity index (χ2n) is 6.94. The van der Waals surface area contributed by atoms with E-state index in [0.29, 0.717) is 27.8 Å². The van der Waals surface area contributed by atoms with Crippen molar-refractivity contribution in [2.24, 2.45) is 0 Å². The summed E-state index contributed by atoms with van der Waals surface area (Å²) >= 11 is 0. The molecule has 1 heterocycles. The molecule has 0 aliphatic carbocycles. The number of aldehydes is 1. The highest BCUT2D eigenvalue weighted by Crippen LogP contribution is 2.38. The summed E-state index contributed by atoms with van der Waals surface area (Å²) in [6, 6.07) is 24.3. The normalized spacial score (nSPS) is 15.5. The Morgan fingerprint density at radius 1 is 0.935 bits per heavy atom. The lowest BCUT2D eigenvalue weighted by Gasteiger charge is -2.33. The summed E-state index contributed by atoms with van der Waals surface area (Å²) in [6.07, 6.45) is 4.33. The summed E-state index contributed by atoms with van der Waals surface area (Å²) in [7, 11) is 0. The topological polar surface area (TPSA) is 87.2 Å². The largest absolute Gasteiger partial charge is 0.333 e. The highest BCUT2D eigenvalue weighted by molar-refractivity contribution is 6.00. The summed E-state index contributed by atoms with van der Waals surface area (Å²) < 4.78 is 0. The molecule has 0 aromatic heterocycles. The van der Waals surface area contributed by atoms with Gasteiger partial charge in [-0.15, -0.1) is 0 Å². The van der Waals surface area contributed by atoms with E-state index in [1.807, 2.05) is 30.3 Å². The van der Waals surface area contributed by atoms with Crippen LogP contribution in [0.4, 0.5) is 11.4 Å². The van der Waals surface area contributed by atoms with Gasteiger partial charge in [0.1, 0.15) is 12.3 Å². The molecule has 150 valence electrons. The summed E-state index contributed by atoms with van der Waals surface area (Å²) in [5.41, 5.74) is 3.39. The van der Waals surface area contributed by atoms with E-state index in [9.17, 15) is 20.2 Å². The molecule has 0 saturated carbocycles. The minimum atomic E-state index is -0.691. The van der Waals surface area contributed by atoms with Gasteiger partial charge in [-0.25, -0.2) is 0 Å². The SMILES string of the molecule is N#Cc1ccccc1C1=CC(c2ccccc2[N+](=O)[O-])=CN(c2ccccc2)C1C=O. The van der Waals surface area contributed by atoms with E-state index in [0.717, 1.165) is 12.0 Å². The molecule has 0 radical (unpaired) electrons. The van der Waals surface area contributed by atoms with Crippen molar-refractivity contribution >= 4 is 28.8 Å². The number of nitriles is 1. The maximum atomic E-state index is 12.2. The van der Waals surface area contributed by atoms with Crippen LogP contribution in [0.2, 0.25) is 0 Å². The molecule has 6 nitrogen and oxygen atoms in total. The van der Waals surface area contributed by atoms with Crippen molar-refractivity contribution in [3.63, 3.8) is 0 Å². The number of nitro groups is 1. The van der Waals surface area contributed by atoms with Crippen molar-refractivity contribution in [1.82, 2.24) is 0 Å². The molecule has 0 bridgehead atoms. The Labute approximate surface area is 179 Å². The Morgan fingerprint density at radius 3 is 2.26 bits per heavy atom. The quantitative estimate of drug-likeness (QED) is 0.338. The molecule has 0 amide bonds. The van der Waals surface area contributed by atoms with Crippen molar-refractivity contribution in [3.8, 4) is 6.07 Å². The van der Waals surface area contributed by atoms with Crippen LogP contribution in [0.3, 0.4) is 0 Å². The van der Waals surface area contributed by atoms with Crippen molar-refractivity contribution in [2.75, 3.05) is 4.90 Å². The standard InChI is InChI=1S/C25H17N3O3/c26-15-18-8-4-5-11-21(18)23-14-19(22-12-6-7-13-24(22)28(30)31)16-27(25(23)17-29)20-9-2-1-3-10-20/h1-14,16-17,25H. The fourth-order valence-corrected chi connectivity index (χ4v) is 3.74. The van der Waals surface area contributed by atoms with Crippen LogP contribution >= 0.6 is 0 Å². The van der Waals surface area contributed by atoms with Crippen LogP contribution in [0.1, 0.15) is 16.7 Å². The van der Waals surface area contributed by atoms with Gasteiger partial charge in [0.15, 0.2) is 0 Å². The fraction of sp³-hybridized carbons (Fsp3) is 0.0400. The maximum Gasteiger partial charge on any atom is 0.277 e. The number of carbonyl (C=O) groups is 1. The highest BCUT2D eigenvalue weighted by Gasteiger charge is 2.30. The molecule has 1 aliphatic heterocycles. The monoisotopic (exact) mass is 407 g/mol. The third-order valence-corrected chi connectivity index (χ3v) is 5.16. The smallest absolute Gasteiger partial charge is 0.277 e. The molecular formula is C25H17N3O3. The second-order valence-corrected chi connectivity index (χ2v) is 6.94. The van der Waals surface area contributed by atoms with Crippen molar-refractivity contribution in [2.45, 2.75) is 6.04 Å². The minimum absolute atomic E-state index is 0.0320. The number of carbonyl (C=O) groups excluding carboxylic acids is 1. The Bertz CT molecular complexity index is 1260. The number of hydrogen-bond donors (Lipinski definition) is 0. The zero-order chi connectivity index (χ0) is 21.8. The van der Waals surface area contributed by atoms with Gasteiger partial charge in [0.05, 0.1) is 22.1 Å². The molecule has 1 aliphatic rings. The predicted molar refractivity (Wildman–Crippen MR) is 119 cm³/mol. The third kappa shape index (κ3) is 3.72. The van der Waals surface area contributed by atoms with E-state index in [1.165, 1.54) is 6.07 Å². The molecule has 6 heteroatoms. The fourth-order valence-electron chi connectivity index (χ4n) is 3.74. The van der Waals surface area contributed by atoms with Crippen LogP contribution in [0.5, 0.6) is 0 Å². The lowest BCUT2D eigenvalue weighted by molar-refractivity contribution is -0.385. The molecule has 0 spiro atoms. The van der Waals surface area contributed by atoms with Gasteiger partial charge in [0.25, 0.3) is 5.69 Å². The van der Waals surface area contributed by atoms with Crippen molar-refractivity contribution in [3.05, 3.63) is 118 Å². The summed E-state index contributed by atoms with van der Waals surface area (Å²) in [6.45, 7) is 0. The van der Waals surface area contributed by atoms with Gasteiger partial charge in [-0.2, -0.15) is 5.26 Å². The Kier molecular flexibility index (Phi) is 5.41. The van der Waals surface area contributed by atoms with Crippen LogP contribution in [-0.4, -0.2) is 17.3 Å². The zero-order valence-electron chi connectivity index (χ0n) is 16.4. The Morgan fingerprint density at radius 2 is 1.58 bits per heavy atom. The van der Waals surface area contributed by atoms with Gasteiger partial charge in [0.2, 0.25) is 0 Å². The Balaban J connectivity index is 1.98. The molecule has 1 atom stereocenters. The van der Waals surface area contributed by atoms with Crippen LogP contribution in [-0.2, 0) is 4.79 Å². The first kappa shape index (κ1) is 19.8. The molecule has 3 aromatic rings. The minimum Gasteiger partial charge on any atom is -0.333 e. The van der Waals surface area contributed by atoms with Crippen LogP contribution in [0, 0.1) is 21.4 Å². The van der Waals surface area contributed by atoms with E-state index < -0.39 is 11.0 Å². The van der Waals surface area contributed by atoms with E-state index in [4.69, 9.17) is 0 Å². The average Bonchev–Trinajstić information content (AvgIpc) is 2.83. The number of para-hydroxylation sites is 2. The average molecular weight is 407 g/mol. The number of rotatable bonds is 5. The van der Waals surface area contributed by atoms with E-state index in [1.54, 1.807) is 59.6 Å². The van der Waals surface area contributed by atoms with E-state index in [2.05, 4.69) is 6.07 Å². The molecular weight excluding hydrogens is 390 g/mol. The van der Waals surface area contributed by atoms with Gasteiger partial charge < -0.3 is 9.69 Å². The van der Waals surface area contributed by atoms with Gasteiger partial charge in [-0.1, -0.05) is 48.5 Å².